The van der Waals surface area contributed by atoms with E-state index in [0.29, 0.717) is 0 Å². The fraction of sp³-hybridized carbons (Fsp3) is 0.0545. The highest BCUT2D eigenvalue weighted by molar-refractivity contribution is 6.17. The first kappa shape index (κ1) is 33.2. The molecule has 2 nitrogen and oxygen atoms in total. The number of anilines is 3. The normalized spacial score (nSPS) is 12.9. The summed E-state index contributed by atoms with van der Waals surface area (Å²) in [4.78, 5) is 2.50. The lowest BCUT2D eigenvalue weighted by molar-refractivity contribution is 0.660. The van der Waals surface area contributed by atoms with E-state index in [4.69, 9.17) is 4.42 Å². The van der Waals surface area contributed by atoms with Gasteiger partial charge in [0.25, 0.3) is 0 Å². The third-order valence-electron chi connectivity index (χ3n) is 12.1. The standard InChI is InChI=1S/C55H39NO/c1-55(2)47-23-13-11-20-43(47)44-30-29-40(35-48(44)55)56(49-32-31-41(38-17-7-4-8-18-38)42-19-9-10-21-45(42)49)50-33-34-52-54(46-22-12-14-24-51(46)57-52)53(50)39-27-25-37(26-28-39)36-15-5-3-6-16-36/h3-35H,1-2H3. The maximum absolute atomic E-state index is 6.59. The molecule has 0 atom stereocenters. The Morgan fingerprint density at radius 2 is 0.965 bits per heavy atom. The minimum atomic E-state index is -0.159. The summed E-state index contributed by atoms with van der Waals surface area (Å²) in [6.07, 6.45) is 0. The van der Waals surface area contributed by atoms with Gasteiger partial charge in [-0.3, -0.25) is 0 Å². The van der Waals surface area contributed by atoms with Gasteiger partial charge in [-0.05, 0) is 91.9 Å². The molecule has 1 aromatic heterocycles. The fourth-order valence-electron chi connectivity index (χ4n) is 9.33. The topological polar surface area (TPSA) is 16.4 Å². The second kappa shape index (κ2) is 13.0. The first-order chi connectivity index (χ1) is 28.0. The molecule has 270 valence electrons. The van der Waals surface area contributed by atoms with Crippen LogP contribution < -0.4 is 4.90 Å². The molecule has 9 aromatic carbocycles. The van der Waals surface area contributed by atoms with Gasteiger partial charge in [0.05, 0.1) is 11.4 Å². The van der Waals surface area contributed by atoms with Crippen LogP contribution in [0, 0.1) is 0 Å². The van der Waals surface area contributed by atoms with Crippen LogP contribution in [0.3, 0.4) is 0 Å². The van der Waals surface area contributed by atoms with E-state index in [1.54, 1.807) is 0 Å². The minimum Gasteiger partial charge on any atom is -0.456 e. The maximum atomic E-state index is 6.59. The molecular formula is C55H39NO. The van der Waals surface area contributed by atoms with Gasteiger partial charge < -0.3 is 9.32 Å². The number of nitrogens with zero attached hydrogens (tertiary/aromatic N) is 1. The summed E-state index contributed by atoms with van der Waals surface area (Å²) in [5.74, 6) is 0. The summed E-state index contributed by atoms with van der Waals surface area (Å²) < 4.78 is 6.59. The molecule has 1 aliphatic rings. The summed E-state index contributed by atoms with van der Waals surface area (Å²) in [6.45, 7) is 4.72. The van der Waals surface area contributed by atoms with Crippen LogP contribution in [0.15, 0.2) is 205 Å². The van der Waals surface area contributed by atoms with Gasteiger partial charge in [0.1, 0.15) is 11.2 Å². The van der Waals surface area contributed by atoms with Gasteiger partial charge in [-0.15, -0.1) is 0 Å². The number of benzene rings is 9. The Labute approximate surface area is 332 Å². The Balaban J connectivity index is 1.22. The monoisotopic (exact) mass is 729 g/mol. The zero-order valence-corrected chi connectivity index (χ0v) is 31.9. The lowest BCUT2D eigenvalue weighted by atomic mass is 9.82. The van der Waals surface area contributed by atoms with E-state index in [2.05, 4.69) is 219 Å². The van der Waals surface area contributed by atoms with Crippen LogP contribution in [0.5, 0.6) is 0 Å². The van der Waals surface area contributed by atoms with Gasteiger partial charge in [-0.1, -0.05) is 178 Å². The van der Waals surface area contributed by atoms with Crippen LogP contribution in [0.4, 0.5) is 17.1 Å². The van der Waals surface area contributed by atoms with Crippen molar-refractivity contribution >= 4 is 49.8 Å². The highest BCUT2D eigenvalue weighted by Gasteiger charge is 2.36. The van der Waals surface area contributed by atoms with Crippen molar-refractivity contribution in [1.82, 2.24) is 0 Å². The molecule has 0 amide bonds. The smallest absolute Gasteiger partial charge is 0.136 e. The van der Waals surface area contributed by atoms with E-state index < -0.39 is 0 Å². The fourth-order valence-corrected chi connectivity index (χ4v) is 9.33. The van der Waals surface area contributed by atoms with Crippen LogP contribution in [-0.2, 0) is 5.41 Å². The molecule has 0 spiro atoms. The average Bonchev–Trinajstić information content (AvgIpc) is 3.76. The number of hydrogen-bond acceptors (Lipinski definition) is 2. The summed E-state index contributed by atoms with van der Waals surface area (Å²) in [5.41, 5.74) is 17.3. The van der Waals surface area contributed by atoms with E-state index in [1.165, 1.54) is 55.3 Å². The van der Waals surface area contributed by atoms with Gasteiger partial charge in [0, 0.05) is 32.8 Å². The Morgan fingerprint density at radius 1 is 0.386 bits per heavy atom. The Hall–Kier alpha value is -7.16. The van der Waals surface area contributed by atoms with Crippen molar-refractivity contribution in [2.45, 2.75) is 19.3 Å². The predicted octanol–water partition coefficient (Wildman–Crippen LogP) is 15.5. The van der Waals surface area contributed by atoms with Gasteiger partial charge in [-0.25, -0.2) is 0 Å². The summed E-state index contributed by atoms with van der Waals surface area (Å²) in [6, 6.07) is 72.7. The van der Waals surface area contributed by atoms with Crippen molar-refractivity contribution in [3.05, 3.63) is 211 Å². The Bertz CT molecular complexity index is 3140. The lowest BCUT2D eigenvalue weighted by Gasteiger charge is -2.31. The number of fused-ring (bicyclic) bond motifs is 7. The van der Waals surface area contributed by atoms with Crippen LogP contribution in [0.2, 0.25) is 0 Å². The Morgan fingerprint density at radius 3 is 1.75 bits per heavy atom. The zero-order chi connectivity index (χ0) is 38.1. The average molecular weight is 730 g/mol. The van der Waals surface area contributed by atoms with E-state index in [9.17, 15) is 0 Å². The molecule has 1 aliphatic carbocycles. The number of hydrogen-bond donors (Lipinski definition) is 0. The van der Waals surface area contributed by atoms with Gasteiger partial charge in [-0.2, -0.15) is 0 Å². The van der Waals surface area contributed by atoms with Crippen LogP contribution >= 0.6 is 0 Å². The molecule has 2 heteroatoms. The Kier molecular flexibility index (Phi) is 7.55. The molecule has 0 saturated carbocycles. The van der Waals surface area contributed by atoms with Crippen LogP contribution in [0.25, 0.3) is 77.2 Å². The van der Waals surface area contributed by atoms with E-state index in [1.807, 2.05) is 0 Å². The van der Waals surface area contributed by atoms with E-state index in [0.717, 1.165) is 50.1 Å². The van der Waals surface area contributed by atoms with Gasteiger partial charge >= 0.3 is 0 Å². The van der Waals surface area contributed by atoms with Crippen molar-refractivity contribution in [2.24, 2.45) is 0 Å². The van der Waals surface area contributed by atoms with Crippen molar-refractivity contribution in [3.8, 4) is 44.5 Å². The van der Waals surface area contributed by atoms with Gasteiger partial charge in [0.2, 0.25) is 0 Å². The summed E-state index contributed by atoms with van der Waals surface area (Å²) in [5, 5.41) is 4.61. The second-order valence-corrected chi connectivity index (χ2v) is 15.7. The lowest BCUT2D eigenvalue weighted by Crippen LogP contribution is -2.17. The number of rotatable bonds is 6. The summed E-state index contributed by atoms with van der Waals surface area (Å²) in [7, 11) is 0. The van der Waals surface area contributed by atoms with Crippen molar-refractivity contribution in [3.63, 3.8) is 0 Å². The molecule has 0 unspecified atom stereocenters. The third-order valence-corrected chi connectivity index (χ3v) is 12.1. The zero-order valence-electron chi connectivity index (χ0n) is 31.9. The van der Waals surface area contributed by atoms with E-state index in [-0.39, 0.29) is 5.41 Å². The molecule has 0 radical (unpaired) electrons. The molecule has 0 aliphatic heterocycles. The molecule has 10 aromatic rings. The molecule has 11 rings (SSSR count). The molecule has 0 saturated heterocycles. The third kappa shape index (κ3) is 5.25. The maximum Gasteiger partial charge on any atom is 0.136 e. The molecule has 0 N–H and O–H groups in total. The van der Waals surface area contributed by atoms with Crippen LogP contribution in [0.1, 0.15) is 25.0 Å². The molecular weight excluding hydrogens is 691 g/mol. The first-order valence-electron chi connectivity index (χ1n) is 19.8. The van der Waals surface area contributed by atoms with Crippen molar-refractivity contribution in [2.75, 3.05) is 4.90 Å². The highest BCUT2D eigenvalue weighted by Crippen LogP contribution is 2.53. The molecule has 0 bridgehead atoms. The van der Waals surface area contributed by atoms with Gasteiger partial charge in [0.15, 0.2) is 0 Å². The molecule has 57 heavy (non-hydrogen) atoms. The first-order valence-corrected chi connectivity index (χ1v) is 19.8. The second-order valence-electron chi connectivity index (χ2n) is 15.7. The van der Waals surface area contributed by atoms with Crippen molar-refractivity contribution in [1.29, 1.82) is 0 Å². The predicted molar refractivity (Wildman–Crippen MR) is 240 cm³/mol. The summed E-state index contributed by atoms with van der Waals surface area (Å²) >= 11 is 0. The largest absolute Gasteiger partial charge is 0.456 e. The quantitative estimate of drug-likeness (QED) is 0.169. The highest BCUT2D eigenvalue weighted by atomic mass is 16.3. The number of furan rings is 1. The molecule has 0 fully saturated rings. The minimum absolute atomic E-state index is 0.159. The number of para-hydroxylation sites is 1. The van der Waals surface area contributed by atoms with Crippen LogP contribution in [-0.4, -0.2) is 0 Å². The molecule has 1 heterocycles. The SMILES string of the molecule is CC1(C)c2ccccc2-c2ccc(N(c3ccc4oc5ccccc5c4c3-c3ccc(-c4ccccc4)cc3)c3ccc(-c4ccccc4)c4ccccc34)cc21. The van der Waals surface area contributed by atoms with E-state index >= 15 is 0 Å². The van der Waals surface area contributed by atoms with Crippen molar-refractivity contribution < 1.29 is 4.42 Å².